The van der Waals surface area contributed by atoms with E-state index in [1.54, 1.807) is 0 Å². The van der Waals surface area contributed by atoms with Gasteiger partial charge in [-0.15, -0.1) is 0 Å². The number of benzene rings is 2. The Hall–Kier alpha value is -1.91. The van der Waals surface area contributed by atoms with Crippen LogP contribution in [-0.4, -0.2) is 16.4 Å². The van der Waals surface area contributed by atoms with Gasteiger partial charge < -0.3 is 0 Å². The van der Waals surface area contributed by atoms with Crippen molar-refractivity contribution in [2.45, 2.75) is 55.4 Å². The van der Waals surface area contributed by atoms with E-state index in [1.807, 2.05) is 32.0 Å². The summed E-state index contributed by atoms with van der Waals surface area (Å²) in [5, 5.41) is 0. The van der Waals surface area contributed by atoms with Gasteiger partial charge in [0, 0.05) is 0 Å². The van der Waals surface area contributed by atoms with E-state index in [-0.39, 0.29) is 14.4 Å². The third-order valence-electron chi connectivity index (χ3n) is 5.32. The summed E-state index contributed by atoms with van der Waals surface area (Å²) in [6, 6.07) is 14.7. The molecular formula is C27H31Cl2N3V. The van der Waals surface area contributed by atoms with Crippen LogP contribution >= 0.6 is 19.7 Å². The topological polar surface area (TPSA) is 37.6 Å². The van der Waals surface area contributed by atoms with Crippen LogP contribution in [0.15, 0.2) is 52.4 Å². The zero-order valence-corrected chi connectivity index (χ0v) is 23.5. The van der Waals surface area contributed by atoms with Gasteiger partial charge >= 0.3 is 34.1 Å². The third kappa shape index (κ3) is 7.55. The Balaban J connectivity index is 0.00000122. The van der Waals surface area contributed by atoms with E-state index in [0.717, 1.165) is 34.2 Å². The van der Waals surface area contributed by atoms with E-state index in [2.05, 4.69) is 65.8 Å². The van der Waals surface area contributed by atoms with E-state index in [0.29, 0.717) is 0 Å². The van der Waals surface area contributed by atoms with Crippen molar-refractivity contribution in [3.8, 4) is 0 Å². The minimum atomic E-state index is -0.368. The second kappa shape index (κ2) is 12.5. The zero-order valence-electron chi connectivity index (χ0n) is 20.6. The predicted molar refractivity (Wildman–Crippen MR) is 141 cm³/mol. The molecule has 0 spiro atoms. The number of halogens is 2. The van der Waals surface area contributed by atoms with Crippen molar-refractivity contribution in [3.63, 3.8) is 0 Å². The number of hydrogen-bond donors (Lipinski definition) is 0. The maximum atomic E-state index is 4.91. The van der Waals surface area contributed by atoms with Crippen LogP contribution in [0, 0.1) is 41.5 Å². The Labute approximate surface area is 213 Å². The number of nitrogens with zero attached hydrogens (tertiary/aromatic N) is 3. The standard InChI is InChI=1S/C27H31N3.2ClH.V/c1-16-12-18(3)26(19(4)13-16)28-22(7)24-10-9-11-25(30-24)23(8)29-27-20(5)14-17(2)15-21(27)6;;;/h9-15H,1-8H3;2*1H;/q;;;+2/p-2. The van der Waals surface area contributed by atoms with E-state index in [1.165, 1.54) is 33.4 Å². The molecule has 3 aromatic rings. The molecule has 0 radical (unpaired) electrons. The number of rotatable bonds is 4. The number of aromatic nitrogens is 1. The molecule has 2 aromatic carbocycles. The molecule has 1 aromatic heterocycles. The van der Waals surface area contributed by atoms with Gasteiger partial charge in [-0.05, 0) is 89.8 Å². The summed E-state index contributed by atoms with van der Waals surface area (Å²) in [6.07, 6.45) is 0. The van der Waals surface area contributed by atoms with Crippen molar-refractivity contribution in [2.75, 3.05) is 0 Å². The molecule has 173 valence electrons. The van der Waals surface area contributed by atoms with E-state index < -0.39 is 0 Å². The molecular weight excluding hydrogens is 488 g/mol. The van der Waals surface area contributed by atoms with Crippen molar-refractivity contribution in [3.05, 3.63) is 87.2 Å². The van der Waals surface area contributed by atoms with Gasteiger partial charge in [-0.25, -0.2) is 4.98 Å². The molecule has 0 saturated heterocycles. The van der Waals surface area contributed by atoms with Crippen molar-refractivity contribution in [1.82, 2.24) is 4.98 Å². The van der Waals surface area contributed by atoms with Gasteiger partial charge in [-0.2, -0.15) is 0 Å². The summed E-state index contributed by atoms with van der Waals surface area (Å²) in [5.74, 6) is 0. The van der Waals surface area contributed by atoms with Crippen LogP contribution < -0.4 is 0 Å². The van der Waals surface area contributed by atoms with Crippen LogP contribution in [0.5, 0.6) is 0 Å². The fourth-order valence-corrected chi connectivity index (χ4v) is 3.99. The second-order valence-electron chi connectivity index (χ2n) is 8.36. The SMILES string of the molecule is CC(=Nc1c(C)cc(C)cc1C)c1cccc(C(C)=Nc2c(C)cc(C)cc2C)n1.[Cl][V][Cl]. The molecule has 0 atom stereocenters. The van der Waals surface area contributed by atoms with Gasteiger partial charge in [-0.1, -0.05) is 41.5 Å². The molecule has 0 amide bonds. The molecule has 0 bridgehead atoms. The number of aryl methyl sites for hydroxylation is 6. The Kier molecular flexibility index (Phi) is 10.4. The van der Waals surface area contributed by atoms with Crippen molar-refractivity contribution < 1.29 is 14.4 Å². The number of hydrogen-bond acceptors (Lipinski definition) is 3. The fraction of sp³-hybridized carbons (Fsp3) is 0.296. The van der Waals surface area contributed by atoms with Crippen molar-refractivity contribution in [2.24, 2.45) is 9.98 Å². The summed E-state index contributed by atoms with van der Waals surface area (Å²) < 4.78 is 0. The molecule has 0 aliphatic rings. The van der Waals surface area contributed by atoms with Crippen LogP contribution in [-0.2, 0) is 14.4 Å². The average Bonchev–Trinajstić information content (AvgIpc) is 2.73. The van der Waals surface area contributed by atoms with Gasteiger partial charge in [0.05, 0.1) is 34.2 Å². The third-order valence-corrected chi connectivity index (χ3v) is 5.32. The van der Waals surface area contributed by atoms with Crippen molar-refractivity contribution >= 4 is 42.5 Å². The quantitative estimate of drug-likeness (QED) is 0.318. The Morgan fingerprint density at radius 2 is 0.970 bits per heavy atom. The second-order valence-corrected chi connectivity index (χ2v) is 10.7. The first kappa shape index (κ1) is 27.3. The average molecular weight is 519 g/mol. The fourth-order valence-electron chi connectivity index (χ4n) is 3.99. The summed E-state index contributed by atoms with van der Waals surface area (Å²) in [6.45, 7) is 16.7. The van der Waals surface area contributed by atoms with Crippen LogP contribution in [0.3, 0.4) is 0 Å². The molecule has 33 heavy (non-hydrogen) atoms. The van der Waals surface area contributed by atoms with Crippen LogP contribution in [0.2, 0.25) is 0 Å². The van der Waals surface area contributed by atoms with Crippen molar-refractivity contribution in [1.29, 1.82) is 0 Å². The van der Waals surface area contributed by atoms with Gasteiger partial charge in [0.25, 0.3) is 0 Å². The van der Waals surface area contributed by atoms with Crippen LogP contribution in [0.4, 0.5) is 11.4 Å². The number of pyridine rings is 1. The molecule has 3 nitrogen and oxygen atoms in total. The first-order chi connectivity index (χ1) is 15.6. The first-order valence-electron chi connectivity index (χ1n) is 10.7. The molecule has 0 aliphatic heterocycles. The molecule has 0 N–H and O–H groups in total. The Bertz CT molecular complexity index is 1060. The van der Waals surface area contributed by atoms with E-state index in [9.17, 15) is 0 Å². The molecule has 0 aliphatic carbocycles. The molecule has 0 unspecified atom stereocenters. The minimum absolute atomic E-state index is 0.368. The molecule has 3 rings (SSSR count). The van der Waals surface area contributed by atoms with Gasteiger partial charge in [0.2, 0.25) is 0 Å². The summed E-state index contributed by atoms with van der Waals surface area (Å²) >= 11 is -0.368. The molecule has 0 saturated carbocycles. The number of aliphatic imine (C=N–C) groups is 2. The van der Waals surface area contributed by atoms with Gasteiger partial charge in [0.1, 0.15) is 0 Å². The zero-order chi connectivity index (χ0) is 24.7. The Morgan fingerprint density at radius 3 is 1.27 bits per heavy atom. The molecule has 1 heterocycles. The van der Waals surface area contributed by atoms with Crippen LogP contribution in [0.1, 0.15) is 58.6 Å². The first-order valence-corrected chi connectivity index (χ1v) is 14.6. The predicted octanol–water partition coefficient (Wildman–Crippen LogP) is 8.59. The Morgan fingerprint density at radius 1 is 0.667 bits per heavy atom. The van der Waals surface area contributed by atoms with Gasteiger partial charge in [-0.3, -0.25) is 9.98 Å². The maximum absolute atomic E-state index is 4.91. The molecule has 0 fully saturated rings. The normalized spacial score (nSPS) is 11.7. The monoisotopic (exact) mass is 518 g/mol. The van der Waals surface area contributed by atoms with E-state index >= 15 is 0 Å². The van der Waals surface area contributed by atoms with Gasteiger partial charge in [0.15, 0.2) is 0 Å². The van der Waals surface area contributed by atoms with Crippen LogP contribution in [0.25, 0.3) is 0 Å². The summed E-state index contributed by atoms with van der Waals surface area (Å²) in [7, 11) is 9.72. The summed E-state index contributed by atoms with van der Waals surface area (Å²) in [4.78, 5) is 14.7. The van der Waals surface area contributed by atoms with E-state index in [4.69, 9.17) is 34.7 Å². The molecule has 6 heteroatoms. The summed E-state index contributed by atoms with van der Waals surface area (Å²) in [5.41, 5.74) is 12.9.